The smallest absolute Gasteiger partial charge is 0.167 e. The fourth-order valence-corrected chi connectivity index (χ4v) is 7.56. The van der Waals surface area contributed by atoms with Crippen molar-refractivity contribution in [2.24, 2.45) is 0 Å². The fourth-order valence-electron chi connectivity index (χ4n) is 6.62. The molecular formula is C40H42O7S. The summed E-state index contributed by atoms with van der Waals surface area (Å²) in [5.41, 5.74) is 3.89. The Morgan fingerprint density at radius 2 is 0.812 bits per heavy atom. The zero-order valence-corrected chi connectivity index (χ0v) is 29.7. The fraction of sp³-hybridized carbons (Fsp3) is 0.350. The normalized spacial score (nSPS) is 12.1. The topological polar surface area (TPSA) is 108 Å². The van der Waals surface area contributed by atoms with Crippen LogP contribution < -0.4 is 0 Å². The Bertz CT molecular complexity index is 1730. The third-order valence-corrected chi connectivity index (χ3v) is 9.94. The molecule has 8 heteroatoms. The van der Waals surface area contributed by atoms with Crippen LogP contribution in [-0.4, -0.2) is 23.1 Å². The van der Waals surface area contributed by atoms with Crippen LogP contribution in [-0.2, 0) is 0 Å². The Morgan fingerprint density at radius 1 is 0.500 bits per heavy atom. The molecule has 0 spiro atoms. The van der Waals surface area contributed by atoms with Crippen LogP contribution in [0.1, 0.15) is 134 Å². The highest BCUT2D eigenvalue weighted by Crippen LogP contribution is 2.34. The van der Waals surface area contributed by atoms with Gasteiger partial charge in [0, 0.05) is 41.0 Å². The average molecular weight is 667 g/mol. The maximum absolute atomic E-state index is 13.6. The standard InChI is InChI=1S/C40H42O7S/c1-21-13-33(25(5)45-21)37(41)17-31(18-38(42)34-14-22(2)46-26(34)6)29-9-11-30(12-10-29)32(19-39(43)35-15-23(3)47-27(35)7)20-40(44)36-16-24(4)48-28(36)8/h9-16,31-32H,17-20H2,1-8H3. The molecule has 1 unspecified atom stereocenters. The first-order valence-electron chi connectivity index (χ1n) is 16.2. The lowest BCUT2D eigenvalue weighted by Gasteiger charge is -2.20. The summed E-state index contributed by atoms with van der Waals surface area (Å²) in [6.45, 7) is 14.6. The van der Waals surface area contributed by atoms with Crippen LogP contribution in [0, 0.1) is 55.4 Å². The second-order valence-electron chi connectivity index (χ2n) is 12.9. The third kappa shape index (κ3) is 7.76. The summed E-state index contributed by atoms with van der Waals surface area (Å²) in [6, 6.07) is 14.8. The highest BCUT2D eigenvalue weighted by molar-refractivity contribution is 7.12. The quantitative estimate of drug-likeness (QED) is 0.109. The molecule has 0 aliphatic heterocycles. The number of Topliss-reactive ketones (excluding diaryl/α,β-unsaturated/α-hetero) is 4. The first-order chi connectivity index (χ1) is 22.7. The van der Waals surface area contributed by atoms with Gasteiger partial charge in [0.2, 0.25) is 0 Å². The van der Waals surface area contributed by atoms with Crippen LogP contribution in [0.2, 0.25) is 0 Å². The van der Waals surface area contributed by atoms with Gasteiger partial charge >= 0.3 is 0 Å². The van der Waals surface area contributed by atoms with E-state index in [2.05, 4.69) is 0 Å². The number of carbonyl (C=O) groups excluding carboxylic acids is 4. The van der Waals surface area contributed by atoms with Crippen molar-refractivity contribution in [1.29, 1.82) is 0 Å². The summed E-state index contributed by atoms with van der Waals surface area (Å²) in [6.07, 6.45) is 0.510. The molecule has 5 aromatic rings. The van der Waals surface area contributed by atoms with Gasteiger partial charge in [-0.05, 0) is 103 Å². The zero-order valence-electron chi connectivity index (χ0n) is 28.9. The second kappa shape index (κ2) is 14.3. The third-order valence-electron chi connectivity index (χ3n) is 8.97. The summed E-state index contributed by atoms with van der Waals surface area (Å²) >= 11 is 1.58. The summed E-state index contributed by atoms with van der Waals surface area (Å²) in [4.78, 5) is 56.2. The van der Waals surface area contributed by atoms with Crippen LogP contribution in [0.25, 0.3) is 0 Å². The minimum absolute atomic E-state index is 0.00977. The highest BCUT2D eigenvalue weighted by Gasteiger charge is 2.27. The molecule has 1 aromatic carbocycles. The van der Waals surface area contributed by atoms with Gasteiger partial charge in [-0.1, -0.05) is 24.3 Å². The molecule has 0 aliphatic carbocycles. The van der Waals surface area contributed by atoms with Gasteiger partial charge in [-0.3, -0.25) is 19.2 Å². The number of hydrogen-bond donors (Lipinski definition) is 0. The van der Waals surface area contributed by atoms with Crippen molar-refractivity contribution in [2.45, 2.75) is 92.9 Å². The Kier molecular flexibility index (Phi) is 10.3. The van der Waals surface area contributed by atoms with Crippen molar-refractivity contribution in [3.63, 3.8) is 0 Å². The van der Waals surface area contributed by atoms with Crippen LogP contribution in [0.3, 0.4) is 0 Å². The van der Waals surface area contributed by atoms with Crippen LogP contribution in [0.5, 0.6) is 0 Å². The van der Waals surface area contributed by atoms with Crippen molar-refractivity contribution < 1.29 is 32.4 Å². The largest absolute Gasteiger partial charge is 0.466 e. The molecule has 0 aliphatic rings. The van der Waals surface area contributed by atoms with E-state index in [1.165, 1.54) is 0 Å². The molecule has 5 rings (SSSR count). The molecule has 4 heterocycles. The first kappa shape index (κ1) is 34.8. The van der Waals surface area contributed by atoms with Gasteiger partial charge in [0.25, 0.3) is 0 Å². The highest BCUT2D eigenvalue weighted by atomic mass is 32.1. The Hall–Kier alpha value is -4.56. The number of furan rings is 3. The number of rotatable bonds is 14. The molecule has 48 heavy (non-hydrogen) atoms. The van der Waals surface area contributed by atoms with Crippen molar-refractivity contribution in [3.05, 3.63) is 126 Å². The molecule has 0 amide bonds. The van der Waals surface area contributed by atoms with Crippen LogP contribution in [0.4, 0.5) is 0 Å². The van der Waals surface area contributed by atoms with Gasteiger partial charge < -0.3 is 13.3 Å². The van der Waals surface area contributed by atoms with E-state index in [0.29, 0.717) is 56.8 Å². The molecular weight excluding hydrogens is 625 g/mol. The summed E-state index contributed by atoms with van der Waals surface area (Å²) in [5, 5.41) is 0. The second-order valence-corrected chi connectivity index (χ2v) is 14.3. The average Bonchev–Trinajstić information content (AvgIpc) is 3.76. The van der Waals surface area contributed by atoms with Gasteiger partial charge in [0.1, 0.15) is 34.6 Å². The lowest BCUT2D eigenvalue weighted by atomic mass is 9.83. The van der Waals surface area contributed by atoms with Crippen LogP contribution >= 0.6 is 11.3 Å². The van der Waals surface area contributed by atoms with E-state index >= 15 is 0 Å². The lowest BCUT2D eigenvalue weighted by Crippen LogP contribution is -2.15. The number of benzene rings is 1. The number of hydrogen-bond acceptors (Lipinski definition) is 8. The molecule has 0 saturated heterocycles. The van der Waals surface area contributed by atoms with E-state index in [0.717, 1.165) is 20.9 Å². The molecule has 250 valence electrons. The maximum atomic E-state index is 13.6. The van der Waals surface area contributed by atoms with E-state index < -0.39 is 5.92 Å². The van der Waals surface area contributed by atoms with Crippen LogP contribution in [0.15, 0.2) is 61.8 Å². The number of carbonyl (C=O) groups is 4. The zero-order chi connectivity index (χ0) is 34.9. The van der Waals surface area contributed by atoms with Crippen molar-refractivity contribution in [3.8, 4) is 0 Å². The monoisotopic (exact) mass is 666 g/mol. The number of ketones is 4. The summed E-state index contributed by atoms with van der Waals surface area (Å²) in [5.74, 6) is 2.52. The van der Waals surface area contributed by atoms with Gasteiger partial charge in [0.15, 0.2) is 23.1 Å². The van der Waals surface area contributed by atoms with Gasteiger partial charge in [-0.25, -0.2) is 0 Å². The lowest BCUT2D eigenvalue weighted by molar-refractivity contribution is 0.0926. The van der Waals surface area contributed by atoms with E-state index in [9.17, 15) is 19.2 Å². The first-order valence-corrected chi connectivity index (χ1v) is 17.0. The minimum atomic E-state index is -0.419. The summed E-state index contributed by atoms with van der Waals surface area (Å²) in [7, 11) is 0. The molecule has 0 N–H and O–H groups in total. The number of thiophene rings is 1. The van der Waals surface area contributed by atoms with E-state index in [4.69, 9.17) is 13.3 Å². The molecule has 1 atom stereocenters. The molecule has 0 bridgehead atoms. The maximum Gasteiger partial charge on any atom is 0.167 e. The molecule has 0 saturated carbocycles. The predicted molar refractivity (Wildman–Crippen MR) is 186 cm³/mol. The predicted octanol–water partition coefficient (Wildman–Crippen LogP) is 10.3. The van der Waals surface area contributed by atoms with Gasteiger partial charge in [-0.15, -0.1) is 11.3 Å². The van der Waals surface area contributed by atoms with Crippen molar-refractivity contribution in [2.75, 3.05) is 0 Å². The molecule has 0 radical (unpaired) electrons. The molecule has 4 aromatic heterocycles. The van der Waals surface area contributed by atoms with Crippen molar-refractivity contribution >= 4 is 34.5 Å². The van der Waals surface area contributed by atoms with Crippen molar-refractivity contribution in [1.82, 2.24) is 0 Å². The Balaban J connectivity index is 1.46. The van der Waals surface area contributed by atoms with Gasteiger partial charge in [-0.2, -0.15) is 0 Å². The SMILES string of the molecule is Cc1cc(C(=O)CC(CC(=O)c2cc(C)oc2C)c2ccc(C(CC(=O)c3cc(C)oc3C)CC(=O)c3cc(C)sc3C)cc2)c(C)o1. The summed E-state index contributed by atoms with van der Waals surface area (Å²) < 4.78 is 16.9. The molecule has 0 fully saturated rings. The molecule has 7 nitrogen and oxygen atoms in total. The van der Waals surface area contributed by atoms with E-state index in [-0.39, 0.29) is 54.7 Å². The Morgan fingerprint density at radius 3 is 1.06 bits per heavy atom. The minimum Gasteiger partial charge on any atom is -0.466 e. The number of aryl methyl sites for hydroxylation is 8. The van der Waals surface area contributed by atoms with E-state index in [1.807, 2.05) is 44.2 Å². The van der Waals surface area contributed by atoms with E-state index in [1.54, 1.807) is 71.1 Å². The Labute approximate surface area is 285 Å². The van der Waals surface area contributed by atoms with Gasteiger partial charge in [0.05, 0.1) is 16.7 Å².